The smallest absolute Gasteiger partial charge is 0.165 e. The molecule has 0 spiro atoms. The summed E-state index contributed by atoms with van der Waals surface area (Å²) in [6, 6.07) is 0. The molecule has 1 fully saturated rings. The molecule has 1 saturated carbocycles. The first-order valence-electron chi connectivity index (χ1n) is 7.00. The number of carbonyl (C=O) groups excluding carboxylic acids is 2. The monoisotopic (exact) mass is 244 g/mol. The third-order valence-electron chi connectivity index (χ3n) is 5.13. The van der Waals surface area contributed by atoms with E-state index >= 15 is 0 Å². The molecule has 18 heavy (non-hydrogen) atoms. The molecular formula is C16H20O2. The van der Waals surface area contributed by atoms with Crippen molar-refractivity contribution in [3.63, 3.8) is 0 Å². The number of carbonyl (C=O) groups is 2. The second-order valence-electron chi connectivity index (χ2n) is 6.29. The van der Waals surface area contributed by atoms with Crippen molar-refractivity contribution in [3.8, 4) is 0 Å². The molecule has 96 valence electrons. The SMILES string of the molecule is CC1=CC(=O)[C@@H]2[C@@H]3CCCCC3=CC[C@]2(C)C1=O. The van der Waals surface area contributed by atoms with E-state index in [1.807, 2.05) is 6.92 Å². The lowest BCUT2D eigenvalue weighted by Crippen LogP contribution is -2.49. The molecule has 0 aliphatic heterocycles. The van der Waals surface area contributed by atoms with Gasteiger partial charge >= 0.3 is 0 Å². The maximum atomic E-state index is 12.5. The molecule has 0 unspecified atom stereocenters. The topological polar surface area (TPSA) is 34.1 Å². The first kappa shape index (κ1) is 11.9. The summed E-state index contributed by atoms with van der Waals surface area (Å²) < 4.78 is 0. The van der Waals surface area contributed by atoms with Gasteiger partial charge in [0.2, 0.25) is 0 Å². The molecule has 2 nitrogen and oxygen atoms in total. The lowest BCUT2D eigenvalue weighted by Gasteiger charge is -2.47. The van der Waals surface area contributed by atoms with Gasteiger partial charge in [-0.25, -0.2) is 0 Å². The summed E-state index contributed by atoms with van der Waals surface area (Å²) in [5.41, 5.74) is 1.62. The van der Waals surface area contributed by atoms with Crippen molar-refractivity contribution in [1.29, 1.82) is 0 Å². The highest BCUT2D eigenvalue weighted by Crippen LogP contribution is 2.52. The summed E-state index contributed by atoms with van der Waals surface area (Å²) in [5, 5.41) is 0. The zero-order chi connectivity index (χ0) is 12.9. The van der Waals surface area contributed by atoms with Gasteiger partial charge < -0.3 is 0 Å². The molecule has 3 rings (SSSR count). The Hall–Kier alpha value is -1.18. The van der Waals surface area contributed by atoms with Crippen LogP contribution >= 0.6 is 0 Å². The highest BCUT2D eigenvalue weighted by molar-refractivity contribution is 6.12. The molecular weight excluding hydrogens is 224 g/mol. The van der Waals surface area contributed by atoms with E-state index in [1.165, 1.54) is 18.4 Å². The number of ketones is 2. The van der Waals surface area contributed by atoms with Crippen molar-refractivity contribution < 1.29 is 9.59 Å². The summed E-state index contributed by atoms with van der Waals surface area (Å²) in [7, 11) is 0. The van der Waals surface area contributed by atoms with Crippen LogP contribution in [-0.4, -0.2) is 11.6 Å². The Kier molecular flexibility index (Phi) is 2.58. The molecule has 0 N–H and O–H groups in total. The third-order valence-corrected chi connectivity index (χ3v) is 5.13. The van der Waals surface area contributed by atoms with E-state index in [2.05, 4.69) is 6.08 Å². The average Bonchev–Trinajstić information content (AvgIpc) is 2.36. The van der Waals surface area contributed by atoms with Gasteiger partial charge in [0.15, 0.2) is 11.6 Å². The van der Waals surface area contributed by atoms with Crippen LogP contribution in [0.3, 0.4) is 0 Å². The molecule has 0 saturated heterocycles. The quantitative estimate of drug-likeness (QED) is 0.613. The Bertz CT molecular complexity index is 483. The molecule has 0 radical (unpaired) electrons. The molecule has 2 heteroatoms. The predicted molar refractivity (Wildman–Crippen MR) is 70.0 cm³/mol. The number of hydrogen-bond donors (Lipinski definition) is 0. The van der Waals surface area contributed by atoms with E-state index in [1.54, 1.807) is 13.0 Å². The van der Waals surface area contributed by atoms with E-state index in [0.717, 1.165) is 19.3 Å². The largest absolute Gasteiger partial charge is 0.294 e. The zero-order valence-corrected chi connectivity index (χ0v) is 11.2. The molecule has 0 bridgehead atoms. The molecule has 0 aromatic heterocycles. The van der Waals surface area contributed by atoms with Gasteiger partial charge in [0.25, 0.3) is 0 Å². The van der Waals surface area contributed by atoms with Gasteiger partial charge in [0, 0.05) is 11.3 Å². The van der Waals surface area contributed by atoms with Crippen molar-refractivity contribution in [2.24, 2.45) is 17.3 Å². The first-order chi connectivity index (χ1) is 8.54. The molecule has 0 amide bonds. The van der Waals surface area contributed by atoms with Crippen LogP contribution in [0.5, 0.6) is 0 Å². The summed E-state index contributed by atoms with van der Waals surface area (Å²) in [6.07, 6.45) is 9.23. The van der Waals surface area contributed by atoms with Crippen molar-refractivity contribution in [3.05, 3.63) is 23.3 Å². The van der Waals surface area contributed by atoms with Gasteiger partial charge in [-0.15, -0.1) is 0 Å². The molecule has 3 aliphatic carbocycles. The van der Waals surface area contributed by atoms with Crippen molar-refractivity contribution in [1.82, 2.24) is 0 Å². The summed E-state index contributed by atoms with van der Waals surface area (Å²) >= 11 is 0. The highest BCUT2D eigenvalue weighted by atomic mass is 16.1. The van der Waals surface area contributed by atoms with E-state index in [-0.39, 0.29) is 17.5 Å². The van der Waals surface area contributed by atoms with E-state index < -0.39 is 5.41 Å². The summed E-state index contributed by atoms with van der Waals surface area (Å²) in [4.78, 5) is 24.8. The van der Waals surface area contributed by atoms with Gasteiger partial charge in [0.1, 0.15) is 0 Å². The number of Topliss-reactive ketones (excluding diaryl/α,β-unsaturated/α-hetero) is 1. The second kappa shape index (κ2) is 3.91. The minimum Gasteiger partial charge on any atom is -0.294 e. The fourth-order valence-electron chi connectivity index (χ4n) is 4.18. The van der Waals surface area contributed by atoms with Crippen molar-refractivity contribution in [2.45, 2.75) is 46.0 Å². The Balaban J connectivity index is 2.08. The summed E-state index contributed by atoms with van der Waals surface area (Å²) in [5.74, 6) is 0.618. The molecule has 0 heterocycles. The fourth-order valence-corrected chi connectivity index (χ4v) is 4.18. The van der Waals surface area contributed by atoms with Gasteiger partial charge in [-0.3, -0.25) is 9.59 Å². The molecule has 3 aliphatic rings. The summed E-state index contributed by atoms with van der Waals surface area (Å²) in [6.45, 7) is 3.78. The van der Waals surface area contributed by atoms with Gasteiger partial charge in [-0.1, -0.05) is 25.0 Å². The van der Waals surface area contributed by atoms with Crippen LogP contribution in [0, 0.1) is 17.3 Å². The third kappa shape index (κ3) is 1.47. The van der Waals surface area contributed by atoms with Crippen LogP contribution in [0.1, 0.15) is 46.0 Å². The standard InChI is InChI=1S/C16H20O2/c1-10-9-13(17)14-12-6-4-3-5-11(12)7-8-16(14,2)15(10)18/h7,9,12,14H,3-6,8H2,1-2H3/t12-,14+,16+/m1/s1. The van der Waals surface area contributed by atoms with Crippen LogP contribution < -0.4 is 0 Å². The molecule has 0 aromatic rings. The fraction of sp³-hybridized carbons (Fsp3) is 0.625. The molecule has 0 aromatic carbocycles. The normalized spacial score (nSPS) is 39.7. The maximum absolute atomic E-state index is 12.5. The van der Waals surface area contributed by atoms with Crippen molar-refractivity contribution >= 4 is 11.6 Å². The van der Waals surface area contributed by atoms with Crippen LogP contribution in [0.2, 0.25) is 0 Å². The number of rotatable bonds is 0. The minimum atomic E-state index is -0.471. The number of allylic oxidation sites excluding steroid dienone is 4. The van der Waals surface area contributed by atoms with E-state index in [0.29, 0.717) is 11.5 Å². The van der Waals surface area contributed by atoms with Crippen LogP contribution in [0.15, 0.2) is 23.3 Å². The Morgan fingerprint density at radius 1 is 1.28 bits per heavy atom. The predicted octanol–water partition coefficient (Wildman–Crippen LogP) is 3.23. The Morgan fingerprint density at radius 2 is 2.06 bits per heavy atom. The zero-order valence-electron chi connectivity index (χ0n) is 11.2. The first-order valence-corrected chi connectivity index (χ1v) is 7.00. The van der Waals surface area contributed by atoms with Crippen LogP contribution in [0.25, 0.3) is 0 Å². The van der Waals surface area contributed by atoms with Gasteiger partial charge in [-0.2, -0.15) is 0 Å². The lowest BCUT2D eigenvalue weighted by atomic mass is 9.54. The van der Waals surface area contributed by atoms with Crippen LogP contribution in [-0.2, 0) is 9.59 Å². The van der Waals surface area contributed by atoms with Crippen LogP contribution in [0.4, 0.5) is 0 Å². The Labute approximate surface area is 108 Å². The molecule has 3 atom stereocenters. The average molecular weight is 244 g/mol. The van der Waals surface area contributed by atoms with Crippen molar-refractivity contribution in [2.75, 3.05) is 0 Å². The van der Waals surface area contributed by atoms with Gasteiger partial charge in [0.05, 0.1) is 0 Å². The number of fused-ring (bicyclic) bond motifs is 3. The maximum Gasteiger partial charge on any atom is 0.165 e. The second-order valence-corrected chi connectivity index (χ2v) is 6.29. The highest BCUT2D eigenvalue weighted by Gasteiger charge is 2.52. The Morgan fingerprint density at radius 3 is 2.83 bits per heavy atom. The van der Waals surface area contributed by atoms with E-state index in [9.17, 15) is 9.59 Å². The van der Waals surface area contributed by atoms with Gasteiger partial charge in [-0.05, 0) is 50.2 Å². The lowest BCUT2D eigenvalue weighted by molar-refractivity contribution is -0.139. The minimum absolute atomic E-state index is 0.0889. The number of hydrogen-bond acceptors (Lipinski definition) is 2. The van der Waals surface area contributed by atoms with E-state index in [4.69, 9.17) is 0 Å².